The Balaban J connectivity index is 2.26. The van der Waals surface area contributed by atoms with Gasteiger partial charge in [0.2, 0.25) is 0 Å². The molecule has 0 radical (unpaired) electrons. The number of nitrogens with zero attached hydrogens (tertiary/aromatic N) is 1. The summed E-state index contributed by atoms with van der Waals surface area (Å²) in [5.41, 5.74) is -0.710. The first-order valence-electron chi connectivity index (χ1n) is 7.35. The molecule has 1 aliphatic rings. The van der Waals surface area contributed by atoms with Gasteiger partial charge in [0, 0.05) is 44.4 Å². The highest BCUT2D eigenvalue weighted by Gasteiger charge is 2.32. The molecule has 1 aliphatic heterocycles. The monoisotopic (exact) mass is 320 g/mol. The zero-order chi connectivity index (χ0) is 16.2. The quantitative estimate of drug-likeness (QED) is 0.819. The summed E-state index contributed by atoms with van der Waals surface area (Å²) >= 11 is 0. The second-order valence-electron chi connectivity index (χ2n) is 5.40. The van der Waals surface area contributed by atoms with Crippen molar-refractivity contribution in [2.24, 2.45) is 0 Å². The van der Waals surface area contributed by atoms with Crippen molar-refractivity contribution in [2.75, 3.05) is 32.8 Å². The number of halogens is 4. The molecule has 1 fully saturated rings. The van der Waals surface area contributed by atoms with Crippen LogP contribution in [-0.2, 0) is 6.18 Å². The molecule has 1 heterocycles. The van der Waals surface area contributed by atoms with Gasteiger partial charge in [-0.3, -0.25) is 4.90 Å². The molecule has 1 atom stereocenters. The lowest BCUT2D eigenvalue weighted by atomic mass is 9.97. The average molecular weight is 320 g/mol. The van der Waals surface area contributed by atoms with Crippen LogP contribution < -0.4 is 5.32 Å². The molecule has 1 saturated heterocycles. The van der Waals surface area contributed by atoms with Crippen molar-refractivity contribution in [1.29, 1.82) is 0 Å². The number of nitrogens with one attached hydrogen (secondary N) is 1. The lowest BCUT2D eigenvalue weighted by molar-refractivity contribution is -0.137. The van der Waals surface area contributed by atoms with E-state index in [9.17, 15) is 17.6 Å². The first-order valence-corrected chi connectivity index (χ1v) is 7.35. The van der Waals surface area contributed by atoms with Gasteiger partial charge in [-0.2, -0.15) is 13.2 Å². The highest BCUT2D eigenvalue weighted by molar-refractivity contribution is 5.29. The maximum Gasteiger partial charge on any atom is 0.416 e. The number of rotatable bonds is 5. The molecule has 0 bridgehead atoms. The molecule has 0 saturated carbocycles. The van der Waals surface area contributed by atoms with E-state index in [-0.39, 0.29) is 18.2 Å². The Morgan fingerprint density at radius 1 is 1.23 bits per heavy atom. The van der Waals surface area contributed by atoms with Gasteiger partial charge in [0.05, 0.1) is 5.56 Å². The third-order valence-electron chi connectivity index (χ3n) is 3.91. The van der Waals surface area contributed by atoms with Crippen LogP contribution in [0.2, 0.25) is 0 Å². The molecule has 2 N–H and O–H groups in total. The van der Waals surface area contributed by atoms with Gasteiger partial charge in [0.15, 0.2) is 0 Å². The van der Waals surface area contributed by atoms with Gasteiger partial charge in [-0.1, -0.05) is 6.07 Å². The molecule has 2 rings (SSSR count). The molecule has 1 aromatic rings. The number of aliphatic hydroxyl groups excluding tert-OH is 1. The first-order chi connectivity index (χ1) is 10.4. The molecular weight excluding hydrogens is 300 g/mol. The van der Waals surface area contributed by atoms with Crippen LogP contribution >= 0.6 is 0 Å². The molecule has 7 heteroatoms. The van der Waals surface area contributed by atoms with Crippen LogP contribution in [0.3, 0.4) is 0 Å². The Morgan fingerprint density at radius 3 is 2.45 bits per heavy atom. The number of piperazine rings is 1. The smallest absolute Gasteiger partial charge is 0.396 e. The van der Waals surface area contributed by atoms with Crippen molar-refractivity contribution in [3.63, 3.8) is 0 Å². The Morgan fingerprint density at radius 2 is 1.91 bits per heavy atom. The fourth-order valence-corrected chi connectivity index (χ4v) is 2.79. The number of hydrogen-bond acceptors (Lipinski definition) is 3. The number of benzene rings is 1. The zero-order valence-corrected chi connectivity index (χ0v) is 12.2. The molecule has 1 aromatic carbocycles. The van der Waals surface area contributed by atoms with Crippen LogP contribution in [0, 0.1) is 5.82 Å². The molecule has 124 valence electrons. The van der Waals surface area contributed by atoms with E-state index >= 15 is 0 Å². The van der Waals surface area contributed by atoms with Crippen molar-refractivity contribution in [2.45, 2.75) is 25.1 Å². The molecule has 0 amide bonds. The van der Waals surface area contributed by atoms with Gasteiger partial charge in [0.1, 0.15) is 5.82 Å². The second-order valence-corrected chi connectivity index (χ2v) is 5.40. The zero-order valence-electron chi connectivity index (χ0n) is 12.2. The highest BCUT2D eigenvalue weighted by atomic mass is 19.4. The molecule has 0 aromatic heterocycles. The van der Waals surface area contributed by atoms with Gasteiger partial charge in [-0.25, -0.2) is 4.39 Å². The predicted octanol–water partition coefficient (Wildman–Crippen LogP) is 2.56. The minimum atomic E-state index is -4.55. The van der Waals surface area contributed by atoms with Crippen molar-refractivity contribution >= 4 is 0 Å². The standard InChI is InChI=1S/C15H20F4N2O/c16-13-10-11(15(17,18)19)3-4-12(13)14(2-1-9-22)21-7-5-20-6-8-21/h3-4,10,14,20,22H,1-2,5-9H2/t14-/m1/s1. The number of alkyl halides is 3. The summed E-state index contributed by atoms with van der Waals surface area (Å²) < 4.78 is 52.1. The van der Waals surface area contributed by atoms with Crippen LogP contribution in [-0.4, -0.2) is 42.8 Å². The van der Waals surface area contributed by atoms with Crippen molar-refractivity contribution in [3.05, 3.63) is 35.1 Å². The van der Waals surface area contributed by atoms with E-state index < -0.39 is 17.6 Å². The van der Waals surface area contributed by atoms with Gasteiger partial charge in [-0.15, -0.1) is 0 Å². The van der Waals surface area contributed by atoms with E-state index in [2.05, 4.69) is 10.2 Å². The summed E-state index contributed by atoms with van der Waals surface area (Å²) in [5, 5.41) is 12.2. The Labute approximate surface area is 126 Å². The largest absolute Gasteiger partial charge is 0.416 e. The van der Waals surface area contributed by atoms with E-state index in [1.54, 1.807) is 0 Å². The van der Waals surface area contributed by atoms with Gasteiger partial charge < -0.3 is 10.4 Å². The second kappa shape index (κ2) is 7.39. The highest BCUT2D eigenvalue weighted by Crippen LogP contribution is 2.34. The van der Waals surface area contributed by atoms with Crippen LogP contribution in [0.5, 0.6) is 0 Å². The van der Waals surface area contributed by atoms with E-state index in [1.807, 2.05) is 0 Å². The molecule has 0 unspecified atom stereocenters. The van der Waals surface area contributed by atoms with Gasteiger partial charge >= 0.3 is 6.18 Å². The molecule has 0 spiro atoms. The van der Waals surface area contributed by atoms with Crippen LogP contribution in [0.4, 0.5) is 17.6 Å². The first kappa shape index (κ1) is 17.2. The molecule has 22 heavy (non-hydrogen) atoms. The van der Waals surface area contributed by atoms with Crippen LogP contribution in [0.1, 0.15) is 30.0 Å². The third-order valence-corrected chi connectivity index (χ3v) is 3.91. The number of hydrogen-bond donors (Lipinski definition) is 2. The van der Waals surface area contributed by atoms with Crippen molar-refractivity contribution in [3.8, 4) is 0 Å². The fraction of sp³-hybridized carbons (Fsp3) is 0.600. The predicted molar refractivity (Wildman–Crippen MR) is 74.9 cm³/mol. The van der Waals surface area contributed by atoms with Crippen molar-refractivity contribution in [1.82, 2.24) is 10.2 Å². The van der Waals surface area contributed by atoms with Crippen LogP contribution in [0.15, 0.2) is 18.2 Å². The SMILES string of the molecule is OCCC[C@H](c1ccc(C(F)(F)F)cc1F)N1CCNCC1. The Kier molecular flexibility index (Phi) is 5.77. The van der Waals surface area contributed by atoms with Gasteiger partial charge in [-0.05, 0) is 25.0 Å². The van der Waals surface area contributed by atoms with Gasteiger partial charge in [0.25, 0.3) is 0 Å². The summed E-state index contributed by atoms with van der Waals surface area (Å²) in [6, 6.07) is 2.40. The maximum absolute atomic E-state index is 14.2. The van der Waals surface area contributed by atoms with E-state index in [4.69, 9.17) is 5.11 Å². The Bertz CT molecular complexity index is 487. The normalized spacial score (nSPS) is 18.4. The van der Waals surface area contributed by atoms with E-state index in [1.165, 1.54) is 6.07 Å². The Hall–Kier alpha value is -1.18. The molecule has 0 aliphatic carbocycles. The summed E-state index contributed by atoms with van der Waals surface area (Å²) in [4.78, 5) is 2.05. The topological polar surface area (TPSA) is 35.5 Å². The van der Waals surface area contributed by atoms with E-state index in [0.717, 1.165) is 19.2 Å². The maximum atomic E-state index is 14.2. The average Bonchev–Trinajstić information content (AvgIpc) is 2.49. The van der Waals surface area contributed by atoms with Crippen molar-refractivity contribution < 1.29 is 22.7 Å². The number of aliphatic hydroxyl groups is 1. The minimum Gasteiger partial charge on any atom is -0.396 e. The summed E-state index contributed by atoms with van der Waals surface area (Å²) in [7, 11) is 0. The summed E-state index contributed by atoms with van der Waals surface area (Å²) in [5.74, 6) is -0.837. The summed E-state index contributed by atoms with van der Waals surface area (Å²) in [6.07, 6.45) is -3.55. The third kappa shape index (κ3) is 4.18. The van der Waals surface area contributed by atoms with E-state index in [0.29, 0.717) is 32.0 Å². The molecular formula is C15H20F4N2O. The summed E-state index contributed by atoms with van der Waals surface area (Å²) in [6.45, 7) is 2.91. The fourth-order valence-electron chi connectivity index (χ4n) is 2.79. The lowest BCUT2D eigenvalue weighted by Gasteiger charge is -2.35. The lowest BCUT2D eigenvalue weighted by Crippen LogP contribution is -2.45. The minimum absolute atomic E-state index is 0.0230. The molecule has 3 nitrogen and oxygen atoms in total. The van der Waals surface area contributed by atoms with Crippen LogP contribution in [0.25, 0.3) is 0 Å².